The molecule has 0 fully saturated rings. The molecule has 20 heavy (non-hydrogen) atoms. The van der Waals surface area contributed by atoms with E-state index in [0.717, 1.165) is 21.9 Å². The van der Waals surface area contributed by atoms with Gasteiger partial charge in [-0.05, 0) is 40.6 Å². The topological polar surface area (TPSA) is 76.7 Å². The summed E-state index contributed by atoms with van der Waals surface area (Å²) in [5.74, 6) is 0. The lowest BCUT2D eigenvalue weighted by Gasteiger charge is -2.25. The molecule has 0 radical (unpaired) electrons. The number of nitrogens with zero attached hydrogens (tertiary/aromatic N) is 1. The summed E-state index contributed by atoms with van der Waals surface area (Å²) in [5.41, 5.74) is 11.9. The number of hydrogen-bond donors (Lipinski definition) is 2. The molecule has 1 aliphatic carbocycles. The van der Waals surface area contributed by atoms with Gasteiger partial charge in [0.2, 0.25) is 0 Å². The Morgan fingerprint density at radius 2 is 2.20 bits per heavy atom. The SMILES string of the molecule is CCONC1C(N)=Cc2c(N=O)ccc3cccc1c23. The first-order chi connectivity index (χ1) is 9.76. The first kappa shape index (κ1) is 12.8. The lowest BCUT2D eigenvalue weighted by atomic mass is 9.88. The summed E-state index contributed by atoms with van der Waals surface area (Å²) >= 11 is 0. The minimum absolute atomic E-state index is 0.215. The number of rotatable bonds is 4. The molecule has 102 valence electrons. The standard InChI is InChI=1S/C15H15N3O2/c1-2-20-18-15-10-5-3-4-9-6-7-13(17-19)11(14(9)10)8-12(15)16/h3-8,15,18H,2,16H2,1H3. The number of hydrogen-bond acceptors (Lipinski definition) is 5. The van der Waals surface area contributed by atoms with Gasteiger partial charge in [0, 0.05) is 11.3 Å². The number of hydroxylamine groups is 1. The molecule has 0 aromatic heterocycles. The Kier molecular flexibility index (Phi) is 3.22. The van der Waals surface area contributed by atoms with Crippen molar-refractivity contribution in [1.29, 1.82) is 0 Å². The zero-order valence-corrected chi connectivity index (χ0v) is 11.1. The van der Waals surface area contributed by atoms with Gasteiger partial charge in [0.1, 0.15) is 5.69 Å². The highest BCUT2D eigenvalue weighted by atomic mass is 16.6. The summed E-state index contributed by atoms with van der Waals surface area (Å²) in [6.07, 6.45) is 1.79. The van der Waals surface area contributed by atoms with E-state index in [0.29, 0.717) is 18.0 Å². The summed E-state index contributed by atoms with van der Waals surface area (Å²) in [6.45, 7) is 2.45. The molecule has 2 aromatic carbocycles. The molecule has 3 N–H and O–H groups in total. The van der Waals surface area contributed by atoms with Gasteiger partial charge in [-0.3, -0.25) is 0 Å². The molecule has 1 unspecified atom stereocenters. The Labute approximate surface area is 116 Å². The van der Waals surface area contributed by atoms with Crippen LogP contribution in [0.5, 0.6) is 0 Å². The maximum atomic E-state index is 11.0. The fourth-order valence-corrected chi connectivity index (χ4v) is 2.62. The molecule has 0 amide bonds. The Morgan fingerprint density at radius 1 is 1.35 bits per heavy atom. The summed E-state index contributed by atoms with van der Waals surface area (Å²) in [7, 11) is 0. The van der Waals surface area contributed by atoms with Crippen LogP contribution in [0.2, 0.25) is 0 Å². The van der Waals surface area contributed by atoms with Gasteiger partial charge in [-0.25, -0.2) is 0 Å². The van der Waals surface area contributed by atoms with Crippen LogP contribution in [0.4, 0.5) is 5.69 Å². The van der Waals surface area contributed by atoms with Crippen LogP contribution in [0, 0.1) is 4.91 Å². The molecular weight excluding hydrogens is 254 g/mol. The van der Waals surface area contributed by atoms with Gasteiger partial charge in [-0.15, -0.1) is 4.91 Å². The molecule has 1 aliphatic rings. The number of nitrogens with one attached hydrogen (secondary N) is 1. The monoisotopic (exact) mass is 269 g/mol. The van der Waals surface area contributed by atoms with Gasteiger partial charge in [-0.1, -0.05) is 24.3 Å². The zero-order chi connectivity index (χ0) is 14.1. The van der Waals surface area contributed by atoms with Crippen molar-refractivity contribution in [2.24, 2.45) is 10.9 Å². The lowest BCUT2D eigenvalue weighted by molar-refractivity contribution is 0.0326. The third-order valence-electron chi connectivity index (χ3n) is 3.49. The van der Waals surface area contributed by atoms with E-state index in [-0.39, 0.29) is 6.04 Å². The van der Waals surface area contributed by atoms with Gasteiger partial charge in [0.05, 0.1) is 12.6 Å². The number of nitroso groups, excluding NO2 is 1. The summed E-state index contributed by atoms with van der Waals surface area (Å²) in [5, 5.41) is 5.14. The van der Waals surface area contributed by atoms with Gasteiger partial charge in [0.25, 0.3) is 0 Å². The molecule has 5 nitrogen and oxygen atoms in total. The van der Waals surface area contributed by atoms with Crippen molar-refractivity contribution >= 4 is 22.5 Å². The molecular formula is C15H15N3O2. The van der Waals surface area contributed by atoms with E-state index in [1.165, 1.54) is 0 Å². The normalized spacial score (nSPS) is 17.1. The van der Waals surface area contributed by atoms with Crippen LogP contribution in [0.15, 0.2) is 41.2 Å². The minimum atomic E-state index is -0.215. The first-order valence-corrected chi connectivity index (χ1v) is 6.49. The van der Waals surface area contributed by atoms with Gasteiger partial charge >= 0.3 is 0 Å². The molecule has 3 rings (SSSR count). The Morgan fingerprint density at radius 3 is 2.95 bits per heavy atom. The van der Waals surface area contributed by atoms with Crippen LogP contribution < -0.4 is 11.2 Å². The highest BCUT2D eigenvalue weighted by molar-refractivity contribution is 6.00. The van der Waals surface area contributed by atoms with Crippen LogP contribution in [0.1, 0.15) is 24.1 Å². The molecule has 1 atom stereocenters. The third-order valence-corrected chi connectivity index (χ3v) is 3.49. The van der Waals surface area contributed by atoms with Gasteiger partial charge < -0.3 is 10.6 Å². The Bertz CT molecular complexity index is 710. The second kappa shape index (κ2) is 5.03. The predicted molar refractivity (Wildman–Crippen MR) is 79.1 cm³/mol. The first-order valence-electron chi connectivity index (χ1n) is 6.49. The average Bonchev–Trinajstić information content (AvgIpc) is 2.47. The second-order valence-corrected chi connectivity index (χ2v) is 4.66. The summed E-state index contributed by atoms with van der Waals surface area (Å²) < 4.78 is 0. The maximum absolute atomic E-state index is 11.0. The largest absolute Gasteiger partial charge is 0.400 e. The van der Waals surface area contributed by atoms with Gasteiger partial charge in [-0.2, -0.15) is 5.48 Å². The van der Waals surface area contributed by atoms with Crippen molar-refractivity contribution in [2.45, 2.75) is 13.0 Å². The van der Waals surface area contributed by atoms with Crippen molar-refractivity contribution in [2.75, 3.05) is 6.61 Å². The van der Waals surface area contributed by atoms with Crippen molar-refractivity contribution in [3.8, 4) is 0 Å². The third kappa shape index (κ3) is 1.88. The van der Waals surface area contributed by atoms with Crippen LogP contribution in [0.25, 0.3) is 16.8 Å². The van der Waals surface area contributed by atoms with E-state index in [1.807, 2.05) is 31.2 Å². The number of benzene rings is 2. The van der Waals surface area contributed by atoms with E-state index in [1.54, 1.807) is 12.1 Å². The summed E-state index contributed by atoms with van der Waals surface area (Å²) in [6, 6.07) is 9.35. The van der Waals surface area contributed by atoms with Crippen LogP contribution in [-0.2, 0) is 4.84 Å². The molecule has 0 heterocycles. The number of nitrogens with two attached hydrogens (primary N) is 1. The second-order valence-electron chi connectivity index (χ2n) is 4.66. The van der Waals surface area contributed by atoms with Crippen LogP contribution >= 0.6 is 0 Å². The minimum Gasteiger partial charge on any atom is -0.400 e. The van der Waals surface area contributed by atoms with Crippen LogP contribution in [-0.4, -0.2) is 6.61 Å². The van der Waals surface area contributed by atoms with Crippen molar-refractivity contribution < 1.29 is 4.84 Å². The van der Waals surface area contributed by atoms with Crippen molar-refractivity contribution in [1.82, 2.24) is 5.48 Å². The van der Waals surface area contributed by atoms with Crippen molar-refractivity contribution in [3.63, 3.8) is 0 Å². The molecule has 5 heteroatoms. The highest BCUT2D eigenvalue weighted by Crippen LogP contribution is 2.40. The van der Waals surface area contributed by atoms with Gasteiger partial charge in [0.15, 0.2) is 0 Å². The van der Waals surface area contributed by atoms with Crippen LogP contribution in [0.3, 0.4) is 0 Å². The van der Waals surface area contributed by atoms with E-state index < -0.39 is 0 Å². The van der Waals surface area contributed by atoms with E-state index in [9.17, 15) is 4.91 Å². The van der Waals surface area contributed by atoms with E-state index in [2.05, 4.69) is 10.7 Å². The fourth-order valence-electron chi connectivity index (χ4n) is 2.62. The maximum Gasteiger partial charge on any atom is 0.115 e. The molecule has 0 bridgehead atoms. The van der Waals surface area contributed by atoms with E-state index >= 15 is 0 Å². The average molecular weight is 269 g/mol. The Balaban J connectivity index is 2.26. The lowest BCUT2D eigenvalue weighted by Crippen LogP contribution is -2.28. The quantitative estimate of drug-likeness (QED) is 0.660. The van der Waals surface area contributed by atoms with Crippen molar-refractivity contribution in [3.05, 3.63) is 52.1 Å². The fraction of sp³-hybridized carbons (Fsp3) is 0.200. The molecule has 0 saturated carbocycles. The smallest absolute Gasteiger partial charge is 0.115 e. The molecule has 0 spiro atoms. The Hall–Kier alpha value is -2.24. The summed E-state index contributed by atoms with van der Waals surface area (Å²) in [4.78, 5) is 16.3. The highest BCUT2D eigenvalue weighted by Gasteiger charge is 2.24. The zero-order valence-electron chi connectivity index (χ0n) is 11.1. The molecule has 2 aromatic rings. The predicted octanol–water partition coefficient (Wildman–Crippen LogP) is 3.13. The van der Waals surface area contributed by atoms with E-state index in [4.69, 9.17) is 10.6 Å². The molecule has 0 aliphatic heterocycles. The molecule has 0 saturated heterocycles.